The lowest BCUT2D eigenvalue weighted by Crippen LogP contribution is -2.38. The molecular weight excluding hydrogens is 388 g/mol. The van der Waals surface area contributed by atoms with E-state index in [1.165, 1.54) is 16.3 Å². The van der Waals surface area contributed by atoms with Gasteiger partial charge in [-0.3, -0.25) is 9.78 Å². The second-order valence-electron chi connectivity index (χ2n) is 7.85. The zero-order valence-corrected chi connectivity index (χ0v) is 17.4. The molecule has 0 unspecified atom stereocenters. The zero-order valence-electron chi connectivity index (χ0n) is 17.4. The Morgan fingerprint density at radius 1 is 1.03 bits per heavy atom. The highest BCUT2D eigenvalue weighted by Gasteiger charge is 2.26. The van der Waals surface area contributed by atoms with Gasteiger partial charge in [-0.05, 0) is 66.1 Å². The summed E-state index contributed by atoms with van der Waals surface area (Å²) in [5.74, 6) is 1.23. The monoisotopic (exact) mass is 412 g/mol. The molecule has 0 radical (unpaired) electrons. The minimum atomic E-state index is -0.00664. The van der Waals surface area contributed by atoms with E-state index in [9.17, 15) is 4.79 Å². The highest BCUT2D eigenvalue weighted by molar-refractivity contribution is 5.92. The number of methoxy groups -OCH3 is 1. The lowest BCUT2D eigenvalue weighted by Gasteiger charge is -2.32. The number of benzene rings is 2. The Morgan fingerprint density at radius 2 is 1.84 bits per heavy atom. The number of likely N-dealkylation sites (tertiary alicyclic amines) is 1. The van der Waals surface area contributed by atoms with Gasteiger partial charge in [-0.25, -0.2) is 4.68 Å². The maximum Gasteiger partial charge on any atom is 0.274 e. The van der Waals surface area contributed by atoms with Crippen LogP contribution in [-0.2, 0) is 0 Å². The zero-order chi connectivity index (χ0) is 21.2. The van der Waals surface area contributed by atoms with Crippen LogP contribution in [0.5, 0.6) is 5.75 Å². The normalized spacial score (nSPS) is 14.7. The summed E-state index contributed by atoms with van der Waals surface area (Å²) in [6, 6.07) is 17.9. The van der Waals surface area contributed by atoms with Crippen LogP contribution in [-0.4, -0.2) is 45.8 Å². The predicted octanol–water partition coefficient (Wildman–Crippen LogP) is 4.45. The molecule has 2 aromatic carbocycles. The van der Waals surface area contributed by atoms with Gasteiger partial charge in [0.25, 0.3) is 5.91 Å². The third-order valence-corrected chi connectivity index (χ3v) is 6.08. The number of piperidine rings is 1. The van der Waals surface area contributed by atoms with Crippen molar-refractivity contribution in [2.24, 2.45) is 0 Å². The molecule has 1 fully saturated rings. The number of hydrogen-bond acceptors (Lipinski definition) is 4. The fraction of sp³-hybridized carbons (Fsp3) is 0.240. The topological polar surface area (TPSA) is 60.2 Å². The summed E-state index contributed by atoms with van der Waals surface area (Å²) in [6.07, 6.45) is 7.49. The van der Waals surface area contributed by atoms with Gasteiger partial charge in [0.1, 0.15) is 5.75 Å². The van der Waals surface area contributed by atoms with Crippen molar-refractivity contribution in [2.75, 3.05) is 20.2 Å². The molecule has 0 spiro atoms. The van der Waals surface area contributed by atoms with Crippen LogP contribution in [0.3, 0.4) is 0 Å². The van der Waals surface area contributed by atoms with Crippen LogP contribution in [0.1, 0.15) is 34.8 Å². The molecule has 1 aliphatic heterocycles. The van der Waals surface area contributed by atoms with Crippen molar-refractivity contribution in [1.82, 2.24) is 19.7 Å². The van der Waals surface area contributed by atoms with Gasteiger partial charge in [-0.2, -0.15) is 5.10 Å². The molecule has 6 nitrogen and oxygen atoms in total. The number of carbonyl (C=O) groups is 1. The Morgan fingerprint density at radius 3 is 2.61 bits per heavy atom. The number of ether oxygens (including phenoxy) is 1. The molecule has 2 aromatic heterocycles. The smallest absolute Gasteiger partial charge is 0.274 e. The minimum absolute atomic E-state index is 0.00664. The van der Waals surface area contributed by atoms with Crippen LogP contribution in [0.2, 0.25) is 0 Å². The molecule has 0 bridgehead atoms. The molecule has 6 heteroatoms. The molecule has 0 aliphatic carbocycles. The number of amides is 1. The Hall–Kier alpha value is -3.67. The first-order valence-electron chi connectivity index (χ1n) is 10.5. The predicted molar refractivity (Wildman–Crippen MR) is 120 cm³/mol. The summed E-state index contributed by atoms with van der Waals surface area (Å²) in [6.45, 7) is 1.47. The molecule has 1 saturated heterocycles. The summed E-state index contributed by atoms with van der Waals surface area (Å²) in [5, 5.41) is 6.94. The van der Waals surface area contributed by atoms with Crippen molar-refractivity contribution >= 4 is 16.7 Å². The van der Waals surface area contributed by atoms with Crippen molar-refractivity contribution in [3.05, 3.63) is 84.4 Å². The lowest BCUT2D eigenvalue weighted by molar-refractivity contribution is 0.0707. The number of nitrogens with zero attached hydrogens (tertiary/aromatic N) is 4. The maximum absolute atomic E-state index is 13.0. The van der Waals surface area contributed by atoms with E-state index in [-0.39, 0.29) is 5.91 Å². The molecule has 0 atom stereocenters. The van der Waals surface area contributed by atoms with Crippen molar-refractivity contribution in [1.29, 1.82) is 0 Å². The second kappa shape index (κ2) is 8.22. The Bertz CT molecular complexity index is 1200. The second-order valence-corrected chi connectivity index (χ2v) is 7.85. The van der Waals surface area contributed by atoms with Gasteiger partial charge in [0.15, 0.2) is 5.69 Å². The number of hydrogen-bond donors (Lipinski definition) is 0. The molecule has 1 aliphatic rings. The summed E-state index contributed by atoms with van der Waals surface area (Å²) in [5.41, 5.74) is 2.73. The van der Waals surface area contributed by atoms with Crippen molar-refractivity contribution < 1.29 is 9.53 Å². The number of rotatable bonds is 4. The van der Waals surface area contributed by atoms with E-state index in [1.54, 1.807) is 17.9 Å². The van der Waals surface area contributed by atoms with E-state index in [0.717, 1.165) is 37.4 Å². The molecule has 156 valence electrons. The quantitative estimate of drug-likeness (QED) is 0.497. The molecular formula is C25H24N4O2. The average Bonchev–Trinajstić information content (AvgIpc) is 3.34. The minimum Gasteiger partial charge on any atom is -0.497 e. The first kappa shape index (κ1) is 19.3. The molecule has 3 heterocycles. The molecule has 5 rings (SSSR count). The first-order valence-corrected chi connectivity index (χ1v) is 10.5. The number of pyridine rings is 1. The van der Waals surface area contributed by atoms with Gasteiger partial charge < -0.3 is 9.64 Å². The molecule has 0 N–H and O–H groups in total. The molecule has 0 saturated carbocycles. The fourth-order valence-corrected chi connectivity index (χ4v) is 4.38. The Kier molecular flexibility index (Phi) is 5.12. The van der Waals surface area contributed by atoms with E-state index in [1.807, 2.05) is 47.8 Å². The SMILES string of the molecule is COc1ccc(-n2ccc(C(=O)N3CCC(c4cccc5cnccc45)CC3)n2)cc1. The highest BCUT2D eigenvalue weighted by Crippen LogP contribution is 2.33. The highest BCUT2D eigenvalue weighted by atomic mass is 16.5. The Labute approximate surface area is 181 Å². The van der Waals surface area contributed by atoms with Crippen LogP contribution in [0.25, 0.3) is 16.5 Å². The van der Waals surface area contributed by atoms with Crippen molar-refractivity contribution in [3.63, 3.8) is 0 Å². The lowest BCUT2D eigenvalue weighted by atomic mass is 9.86. The van der Waals surface area contributed by atoms with Crippen LogP contribution >= 0.6 is 0 Å². The van der Waals surface area contributed by atoms with E-state index in [4.69, 9.17) is 4.74 Å². The van der Waals surface area contributed by atoms with Gasteiger partial charge in [0.05, 0.1) is 12.8 Å². The third-order valence-electron chi connectivity index (χ3n) is 6.08. The summed E-state index contributed by atoms with van der Waals surface area (Å²) in [7, 11) is 1.64. The number of fused-ring (bicyclic) bond motifs is 1. The van der Waals surface area contributed by atoms with E-state index in [2.05, 4.69) is 34.3 Å². The average molecular weight is 412 g/mol. The Balaban J connectivity index is 1.27. The maximum atomic E-state index is 13.0. The van der Waals surface area contributed by atoms with Crippen LogP contribution in [0.4, 0.5) is 0 Å². The standard InChI is InChI=1S/C25H24N4O2/c1-31-21-7-5-20(6-8-21)29-16-12-24(27-29)25(30)28-14-10-18(11-15-28)22-4-2-3-19-17-26-13-9-23(19)22/h2-9,12-13,16-18H,10-11,14-15H2,1H3. The fourth-order valence-electron chi connectivity index (χ4n) is 4.38. The van der Waals surface area contributed by atoms with Crippen LogP contribution < -0.4 is 4.74 Å². The first-order chi connectivity index (χ1) is 15.2. The van der Waals surface area contributed by atoms with Crippen LogP contribution in [0.15, 0.2) is 73.2 Å². The van der Waals surface area contributed by atoms with Gasteiger partial charge in [-0.15, -0.1) is 0 Å². The van der Waals surface area contributed by atoms with Gasteiger partial charge in [-0.1, -0.05) is 18.2 Å². The van der Waals surface area contributed by atoms with Crippen LogP contribution in [0, 0.1) is 0 Å². The summed E-state index contributed by atoms with van der Waals surface area (Å²) in [4.78, 5) is 19.2. The van der Waals surface area contributed by atoms with E-state index < -0.39 is 0 Å². The number of carbonyl (C=O) groups excluding carboxylic acids is 1. The molecule has 4 aromatic rings. The van der Waals surface area contributed by atoms with Crippen molar-refractivity contribution in [3.8, 4) is 11.4 Å². The van der Waals surface area contributed by atoms with Gasteiger partial charge >= 0.3 is 0 Å². The molecule has 31 heavy (non-hydrogen) atoms. The van der Waals surface area contributed by atoms with E-state index >= 15 is 0 Å². The number of aromatic nitrogens is 3. The summed E-state index contributed by atoms with van der Waals surface area (Å²) < 4.78 is 6.92. The van der Waals surface area contributed by atoms with Gasteiger partial charge in [0.2, 0.25) is 0 Å². The van der Waals surface area contributed by atoms with Crippen molar-refractivity contribution in [2.45, 2.75) is 18.8 Å². The van der Waals surface area contributed by atoms with Gasteiger partial charge in [0, 0.05) is 37.1 Å². The molecule has 1 amide bonds. The third kappa shape index (κ3) is 3.77. The largest absolute Gasteiger partial charge is 0.497 e. The van der Waals surface area contributed by atoms with E-state index in [0.29, 0.717) is 11.6 Å². The summed E-state index contributed by atoms with van der Waals surface area (Å²) >= 11 is 0.